The molecule has 6 nitrogen and oxygen atoms in total. The van der Waals surface area contributed by atoms with Crippen LogP contribution in [-0.2, 0) is 11.3 Å². The summed E-state index contributed by atoms with van der Waals surface area (Å²) in [4.78, 5) is 24.1. The van der Waals surface area contributed by atoms with Crippen molar-refractivity contribution in [3.05, 3.63) is 47.1 Å². The zero-order valence-corrected chi connectivity index (χ0v) is 12.4. The molecule has 21 heavy (non-hydrogen) atoms. The van der Waals surface area contributed by atoms with Crippen molar-refractivity contribution in [2.24, 2.45) is 0 Å². The van der Waals surface area contributed by atoms with Crippen LogP contribution in [0.15, 0.2) is 41.5 Å². The van der Waals surface area contributed by atoms with Crippen LogP contribution in [0.1, 0.15) is 19.9 Å². The lowest BCUT2D eigenvalue weighted by atomic mass is 10.3. The molecule has 0 radical (unpaired) electrons. The van der Waals surface area contributed by atoms with Gasteiger partial charge in [0.25, 0.3) is 0 Å². The molecule has 1 amide bonds. The highest BCUT2D eigenvalue weighted by molar-refractivity contribution is 5.92. The number of carbonyl (C=O) groups is 1. The van der Waals surface area contributed by atoms with Crippen LogP contribution < -0.4 is 15.7 Å². The Morgan fingerprint density at radius 3 is 2.62 bits per heavy atom. The third-order valence-corrected chi connectivity index (χ3v) is 3.13. The van der Waals surface area contributed by atoms with Crippen molar-refractivity contribution in [2.45, 2.75) is 26.4 Å². The molecule has 0 spiro atoms. The second-order valence-electron chi connectivity index (χ2n) is 4.96. The quantitative estimate of drug-likeness (QED) is 0.914. The van der Waals surface area contributed by atoms with E-state index in [1.165, 1.54) is 11.7 Å². The topological polar surface area (TPSA) is 65.3 Å². The van der Waals surface area contributed by atoms with Crippen molar-refractivity contribution < 1.29 is 9.53 Å². The molecule has 2 aromatic rings. The third kappa shape index (κ3) is 3.34. The van der Waals surface area contributed by atoms with Crippen LogP contribution in [0.2, 0.25) is 0 Å². The highest BCUT2D eigenvalue weighted by Crippen LogP contribution is 2.22. The number of benzene rings is 1. The molecule has 1 N–H and O–H groups in total. The molecule has 0 aliphatic carbocycles. The fourth-order valence-corrected chi connectivity index (χ4v) is 2.03. The zero-order valence-electron chi connectivity index (χ0n) is 12.4. The van der Waals surface area contributed by atoms with E-state index in [1.54, 1.807) is 35.2 Å². The lowest BCUT2D eigenvalue weighted by molar-refractivity contribution is -0.116. The molecule has 2 rings (SSSR count). The van der Waals surface area contributed by atoms with Gasteiger partial charge < -0.3 is 10.1 Å². The lowest BCUT2D eigenvalue weighted by Gasteiger charge is -2.10. The normalized spacial score (nSPS) is 10.7. The van der Waals surface area contributed by atoms with Gasteiger partial charge in [0.15, 0.2) is 0 Å². The predicted molar refractivity (Wildman–Crippen MR) is 80.7 cm³/mol. The van der Waals surface area contributed by atoms with E-state index in [9.17, 15) is 9.59 Å². The summed E-state index contributed by atoms with van der Waals surface area (Å²) in [6.07, 6.45) is 3.30. The first kappa shape index (κ1) is 14.9. The van der Waals surface area contributed by atoms with Crippen molar-refractivity contribution in [1.29, 1.82) is 0 Å². The maximum atomic E-state index is 12.0. The van der Waals surface area contributed by atoms with Crippen LogP contribution in [0.3, 0.4) is 0 Å². The number of ether oxygens (including phenoxy) is 1. The third-order valence-electron chi connectivity index (χ3n) is 3.13. The number of nitrogens with one attached hydrogen (secondary N) is 1. The molecule has 0 bridgehead atoms. The molecule has 6 heteroatoms. The molecule has 1 aromatic heterocycles. The van der Waals surface area contributed by atoms with Crippen LogP contribution in [0, 0.1) is 0 Å². The van der Waals surface area contributed by atoms with Gasteiger partial charge in [0.05, 0.1) is 12.8 Å². The summed E-state index contributed by atoms with van der Waals surface area (Å²) in [7, 11) is 1.54. The van der Waals surface area contributed by atoms with Gasteiger partial charge in [-0.1, -0.05) is 12.1 Å². The monoisotopic (exact) mass is 289 g/mol. The Hall–Kier alpha value is -2.50. The Bertz CT molecular complexity index is 685. The molecule has 0 aliphatic heterocycles. The standard InChI is InChI=1S/C15H19N3O3/c1-11(2)18-9-8-17(15(18)20)10-14(19)16-12-6-4-5-7-13(12)21-3/h4-9,11H,10H2,1-3H3,(H,16,19). The number of rotatable bonds is 5. The smallest absolute Gasteiger partial charge is 0.328 e. The number of methoxy groups -OCH3 is 1. The van der Waals surface area contributed by atoms with E-state index in [0.29, 0.717) is 11.4 Å². The summed E-state index contributed by atoms with van der Waals surface area (Å²) >= 11 is 0. The Labute approximate surface area is 123 Å². The Morgan fingerprint density at radius 2 is 2.00 bits per heavy atom. The van der Waals surface area contributed by atoms with Gasteiger partial charge in [-0.3, -0.25) is 13.9 Å². The molecule has 0 unspecified atom stereocenters. The number of carbonyl (C=O) groups excluding carboxylic acids is 1. The SMILES string of the molecule is COc1ccccc1NC(=O)Cn1ccn(C(C)C)c1=O. The van der Waals surface area contributed by atoms with Gasteiger partial charge in [0.1, 0.15) is 12.3 Å². The minimum Gasteiger partial charge on any atom is -0.495 e. The molecule has 112 valence electrons. The number of anilines is 1. The molecule has 0 fully saturated rings. The Kier molecular flexibility index (Phi) is 4.47. The first-order valence-corrected chi connectivity index (χ1v) is 6.73. The van der Waals surface area contributed by atoms with E-state index >= 15 is 0 Å². The van der Waals surface area contributed by atoms with Crippen LogP contribution in [0.25, 0.3) is 0 Å². The van der Waals surface area contributed by atoms with Crippen molar-refractivity contribution in [3.63, 3.8) is 0 Å². The second-order valence-corrected chi connectivity index (χ2v) is 4.96. The van der Waals surface area contributed by atoms with Gasteiger partial charge in [0, 0.05) is 18.4 Å². The maximum Gasteiger partial charge on any atom is 0.328 e. The Morgan fingerprint density at radius 1 is 1.29 bits per heavy atom. The fraction of sp³-hybridized carbons (Fsp3) is 0.333. The van der Waals surface area contributed by atoms with Crippen molar-refractivity contribution in [1.82, 2.24) is 9.13 Å². The molecule has 0 atom stereocenters. The lowest BCUT2D eigenvalue weighted by Crippen LogP contribution is -2.29. The first-order valence-electron chi connectivity index (χ1n) is 6.73. The van der Waals surface area contributed by atoms with Gasteiger partial charge in [-0.05, 0) is 26.0 Å². The van der Waals surface area contributed by atoms with Crippen LogP contribution >= 0.6 is 0 Å². The molecule has 0 saturated heterocycles. The van der Waals surface area contributed by atoms with Gasteiger partial charge in [0.2, 0.25) is 5.91 Å². The maximum absolute atomic E-state index is 12.0. The van der Waals surface area contributed by atoms with E-state index in [2.05, 4.69) is 5.32 Å². The highest BCUT2D eigenvalue weighted by atomic mass is 16.5. The summed E-state index contributed by atoms with van der Waals surface area (Å²) in [6.45, 7) is 3.80. The minimum atomic E-state index is -0.275. The molecule has 0 aliphatic rings. The number of amides is 1. The number of imidazole rings is 1. The van der Waals surface area contributed by atoms with Crippen molar-refractivity contribution in [2.75, 3.05) is 12.4 Å². The van der Waals surface area contributed by atoms with E-state index in [1.807, 2.05) is 19.9 Å². The van der Waals surface area contributed by atoms with Crippen LogP contribution in [0.5, 0.6) is 5.75 Å². The second kappa shape index (κ2) is 6.30. The molecule has 1 heterocycles. The first-order chi connectivity index (χ1) is 10.0. The summed E-state index contributed by atoms with van der Waals surface area (Å²) in [6, 6.07) is 7.20. The van der Waals surface area contributed by atoms with Gasteiger partial charge in [-0.2, -0.15) is 0 Å². The summed E-state index contributed by atoms with van der Waals surface area (Å²) < 4.78 is 8.13. The highest BCUT2D eigenvalue weighted by Gasteiger charge is 2.11. The van der Waals surface area contributed by atoms with E-state index in [0.717, 1.165) is 0 Å². The summed E-state index contributed by atoms with van der Waals surface area (Å²) in [5.74, 6) is 0.307. The molecule has 0 saturated carbocycles. The van der Waals surface area contributed by atoms with Gasteiger partial charge >= 0.3 is 5.69 Å². The molecular weight excluding hydrogens is 270 g/mol. The number of hydrogen-bond acceptors (Lipinski definition) is 3. The summed E-state index contributed by atoms with van der Waals surface area (Å²) in [5, 5.41) is 2.74. The van der Waals surface area contributed by atoms with Crippen molar-refractivity contribution >= 4 is 11.6 Å². The van der Waals surface area contributed by atoms with Gasteiger partial charge in [-0.25, -0.2) is 4.79 Å². The van der Waals surface area contributed by atoms with Crippen LogP contribution in [0.4, 0.5) is 5.69 Å². The van der Waals surface area contributed by atoms with E-state index < -0.39 is 0 Å². The average molecular weight is 289 g/mol. The van der Waals surface area contributed by atoms with E-state index in [4.69, 9.17) is 4.74 Å². The number of nitrogens with zero attached hydrogens (tertiary/aromatic N) is 2. The Balaban J connectivity index is 2.10. The van der Waals surface area contributed by atoms with Crippen LogP contribution in [-0.4, -0.2) is 22.2 Å². The number of hydrogen-bond donors (Lipinski definition) is 1. The van der Waals surface area contributed by atoms with Crippen molar-refractivity contribution in [3.8, 4) is 5.75 Å². The zero-order chi connectivity index (χ0) is 15.4. The summed E-state index contributed by atoms with van der Waals surface area (Å²) in [5.41, 5.74) is 0.390. The number of aromatic nitrogens is 2. The minimum absolute atomic E-state index is 0.0311. The predicted octanol–water partition coefficient (Wildman–Crippen LogP) is 1.88. The number of para-hydroxylation sites is 2. The fourth-order valence-electron chi connectivity index (χ4n) is 2.03. The molecule has 1 aromatic carbocycles. The average Bonchev–Trinajstić information content (AvgIpc) is 2.81. The van der Waals surface area contributed by atoms with E-state index in [-0.39, 0.29) is 24.2 Å². The largest absolute Gasteiger partial charge is 0.495 e. The molecular formula is C15H19N3O3. The van der Waals surface area contributed by atoms with Gasteiger partial charge in [-0.15, -0.1) is 0 Å².